The number of nitrogens with zero attached hydrogens (tertiary/aromatic N) is 6. The van der Waals surface area contributed by atoms with E-state index in [9.17, 15) is 0 Å². The van der Waals surface area contributed by atoms with Crippen molar-refractivity contribution in [3.8, 4) is 11.4 Å². The van der Waals surface area contributed by atoms with E-state index < -0.39 is 0 Å². The average Bonchev–Trinajstić information content (AvgIpc) is 3.28. The Morgan fingerprint density at radius 2 is 2.00 bits per heavy atom. The third-order valence-electron chi connectivity index (χ3n) is 4.01. The number of halogens is 1. The van der Waals surface area contributed by atoms with Gasteiger partial charge in [-0.25, -0.2) is 0 Å². The molecule has 0 radical (unpaired) electrons. The summed E-state index contributed by atoms with van der Waals surface area (Å²) in [7, 11) is 1.95. The number of anilines is 1. The molecule has 0 aliphatic carbocycles. The van der Waals surface area contributed by atoms with E-state index in [0.29, 0.717) is 35.7 Å². The number of thioether (sulfide) groups is 1. The average molecular weight is 393 g/mol. The number of benzene rings is 1. The standard InChI is InChI=1S/C16H17ClN6O2S/c1-22-15(23-6-8-24-9-7-23)19-20-16(22)26-10-13-18-14(21-25-13)11-4-2-3-5-12(11)17/h2-5H,6-10H2,1H3. The molecule has 2 aromatic heterocycles. The molecule has 10 heteroatoms. The van der Waals surface area contributed by atoms with E-state index in [4.69, 9.17) is 20.9 Å². The lowest BCUT2D eigenvalue weighted by Crippen LogP contribution is -2.37. The van der Waals surface area contributed by atoms with Crippen molar-refractivity contribution in [3.63, 3.8) is 0 Å². The summed E-state index contributed by atoms with van der Waals surface area (Å²) in [5, 5.41) is 14.0. The number of rotatable bonds is 5. The van der Waals surface area contributed by atoms with Gasteiger partial charge in [-0.1, -0.05) is 40.7 Å². The topological polar surface area (TPSA) is 82.1 Å². The molecule has 1 saturated heterocycles. The number of hydrogen-bond donors (Lipinski definition) is 0. The largest absolute Gasteiger partial charge is 0.378 e. The molecule has 4 rings (SSSR count). The Morgan fingerprint density at radius 3 is 2.81 bits per heavy atom. The molecular weight excluding hydrogens is 376 g/mol. The van der Waals surface area contributed by atoms with Crippen LogP contribution in [0.2, 0.25) is 5.02 Å². The summed E-state index contributed by atoms with van der Waals surface area (Å²) in [6.45, 7) is 3.06. The van der Waals surface area contributed by atoms with Gasteiger partial charge in [-0.05, 0) is 12.1 Å². The number of hydrogen-bond acceptors (Lipinski definition) is 8. The van der Waals surface area contributed by atoms with Crippen molar-refractivity contribution in [1.29, 1.82) is 0 Å². The third kappa shape index (κ3) is 3.55. The maximum Gasteiger partial charge on any atom is 0.237 e. The van der Waals surface area contributed by atoms with Gasteiger partial charge in [0.25, 0.3) is 0 Å². The van der Waals surface area contributed by atoms with Crippen LogP contribution in [0.3, 0.4) is 0 Å². The van der Waals surface area contributed by atoms with Crippen molar-refractivity contribution in [3.05, 3.63) is 35.2 Å². The van der Waals surface area contributed by atoms with Crippen molar-refractivity contribution in [1.82, 2.24) is 24.9 Å². The van der Waals surface area contributed by atoms with Gasteiger partial charge >= 0.3 is 0 Å². The van der Waals surface area contributed by atoms with Crippen LogP contribution in [0.15, 0.2) is 33.9 Å². The highest BCUT2D eigenvalue weighted by Gasteiger charge is 2.19. The quantitative estimate of drug-likeness (QED) is 0.613. The first-order valence-corrected chi connectivity index (χ1v) is 9.51. The van der Waals surface area contributed by atoms with Gasteiger partial charge in [-0.3, -0.25) is 4.57 Å². The summed E-state index contributed by atoms with van der Waals surface area (Å²) in [5.41, 5.74) is 0.752. The molecule has 1 fully saturated rings. The predicted molar refractivity (Wildman–Crippen MR) is 98.3 cm³/mol. The van der Waals surface area contributed by atoms with Crippen LogP contribution in [-0.2, 0) is 17.5 Å². The molecule has 0 N–H and O–H groups in total. The Hall–Kier alpha value is -2.10. The normalized spacial score (nSPS) is 14.8. The zero-order valence-corrected chi connectivity index (χ0v) is 15.7. The second-order valence-corrected chi connectivity index (χ2v) is 7.07. The first kappa shape index (κ1) is 17.3. The zero-order chi connectivity index (χ0) is 17.9. The molecule has 3 aromatic rings. The molecule has 136 valence electrons. The van der Waals surface area contributed by atoms with Gasteiger partial charge in [0.1, 0.15) is 0 Å². The van der Waals surface area contributed by atoms with E-state index in [2.05, 4.69) is 25.2 Å². The minimum Gasteiger partial charge on any atom is -0.378 e. The predicted octanol–water partition coefficient (Wildman–Crippen LogP) is 2.65. The van der Waals surface area contributed by atoms with Crippen LogP contribution >= 0.6 is 23.4 Å². The van der Waals surface area contributed by atoms with Crippen molar-refractivity contribution >= 4 is 29.3 Å². The highest BCUT2D eigenvalue weighted by Crippen LogP contribution is 2.27. The highest BCUT2D eigenvalue weighted by molar-refractivity contribution is 7.98. The van der Waals surface area contributed by atoms with E-state index in [1.54, 1.807) is 6.07 Å². The summed E-state index contributed by atoms with van der Waals surface area (Å²) in [6.07, 6.45) is 0. The third-order valence-corrected chi connectivity index (χ3v) is 5.35. The molecule has 3 heterocycles. The Kier molecular flexibility index (Phi) is 5.09. The summed E-state index contributed by atoms with van der Waals surface area (Å²) in [4.78, 5) is 6.58. The molecule has 0 saturated carbocycles. The Morgan fingerprint density at radius 1 is 1.19 bits per heavy atom. The van der Waals surface area contributed by atoms with Crippen LogP contribution in [0.1, 0.15) is 5.89 Å². The fraction of sp³-hybridized carbons (Fsp3) is 0.375. The lowest BCUT2D eigenvalue weighted by molar-refractivity contribution is 0.121. The summed E-state index contributed by atoms with van der Waals surface area (Å²) >= 11 is 7.68. The molecule has 0 bridgehead atoms. The fourth-order valence-corrected chi connectivity index (χ4v) is 3.63. The van der Waals surface area contributed by atoms with Crippen LogP contribution in [0.4, 0.5) is 5.95 Å². The molecule has 1 aliphatic rings. The highest BCUT2D eigenvalue weighted by atomic mass is 35.5. The van der Waals surface area contributed by atoms with Gasteiger partial charge in [0.15, 0.2) is 5.16 Å². The zero-order valence-electron chi connectivity index (χ0n) is 14.1. The lowest BCUT2D eigenvalue weighted by Gasteiger charge is -2.27. The van der Waals surface area contributed by atoms with Gasteiger partial charge in [-0.2, -0.15) is 4.98 Å². The van der Waals surface area contributed by atoms with Gasteiger partial charge in [0.2, 0.25) is 17.7 Å². The SMILES string of the molecule is Cn1c(SCc2nc(-c3ccccc3Cl)no2)nnc1N1CCOCC1. The molecular formula is C16H17ClN6O2S. The first-order chi connectivity index (χ1) is 12.7. The molecule has 26 heavy (non-hydrogen) atoms. The van der Waals surface area contributed by atoms with E-state index in [1.165, 1.54) is 11.8 Å². The van der Waals surface area contributed by atoms with Crippen molar-refractivity contribution in [2.75, 3.05) is 31.2 Å². The maximum absolute atomic E-state index is 6.18. The molecule has 1 aromatic carbocycles. The molecule has 0 unspecified atom stereocenters. The Labute approximate surface area is 159 Å². The van der Waals surface area contributed by atoms with Crippen LogP contribution in [0.5, 0.6) is 0 Å². The van der Waals surface area contributed by atoms with E-state index in [0.717, 1.165) is 29.8 Å². The summed E-state index contributed by atoms with van der Waals surface area (Å²) in [6, 6.07) is 7.41. The van der Waals surface area contributed by atoms with Gasteiger partial charge in [0.05, 0.1) is 24.0 Å². The second kappa shape index (κ2) is 7.65. The Bertz CT molecular complexity index is 893. The van der Waals surface area contributed by atoms with Crippen LogP contribution < -0.4 is 4.90 Å². The number of morpholine rings is 1. The smallest absolute Gasteiger partial charge is 0.237 e. The number of aromatic nitrogens is 5. The Balaban J connectivity index is 1.43. The van der Waals surface area contributed by atoms with Crippen LogP contribution in [0.25, 0.3) is 11.4 Å². The van der Waals surface area contributed by atoms with Gasteiger partial charge in [-0.15, -0.1) is 10.2 Å². The molecule has 1 aliphatic heterocycles. The fourth-order valence-electron chi connectivity index (χ4n) is 2.66. The minimum atomic E-state index is 0.484. The summed E-state index contributed by atoms with van der Waals surface area (Å²) < 4.78 is 12.7. The second-order valence-electron chi connectivity index (χ2n) is 5.72. The number of ether oxygens (including phenoxy) is 1. The molecule has 0 spiro atoms. The van der Waals surface area contributed by atoms with Gasteiger partial charge < -0.3 is 14.2 Å². The molecule has 0 amide bonds. The van der Waals surface area contributed by atoms with Crippen molar-refractivity contribution in [2.45, 2.75) is 10.9 Å². The van der Waals surface area contributed by atoms with Crippen molar-refractivity contribution in [2.24, 2.45) is 7.05 Å². The van der Waals surface area contributed by atoms with Gasteiger partial charge in [0, 0.05) is 25.7 Å². The molecule has 8 nitrogen and oxygen atoms in total. The van der Waals surface area contributed by atoms with Crippen LogP contribution in [0, 0.1) is 0 Å². The minimum absolute atomic E-state index is 0.484. The lowest BCUT2D eigenvalue weighted by atomic mass is 10.2. The monoisotopic (exact) mass is 392 g/mol. The van der Waals surface area contributed by atoms with Crippen molar-refractivity contribution < 1.29 is 9.26 Å². The van der Waals surface area contributed by atoms with Crippen LogP contribution in [-0.4, -0.2) is 51.2 Å². The van der Waals surface area contributed by atoms with E-state index in [1.807, 2.05) is 29.8 Å². The summed E-state index contributed by atoms with van der Waals surface area (Å²) in [5.74, 6) is 2.35. The molecule has 0 atom stereocenters. The van der Waals surface area contributed by atoms with E-state index in [-0.39, 0.29) is 0 Å². The maximum atomic E-state index is 6.18. The van der Waals surface area contributed by atoms with E-state index >= 15 is 0 Å². The first-order valence-electron chi connectivity index (χ1n) is 8.15.